The molecule has 0 fully saturated rings. The highest BCUT2D eigenvalue weighted by Crippen LogP contribution is 2.32. The number of fused-ring (bicyclic) bond motifs is 3. The maximum atomic E-state index is 11.9. The SMILES string of the molecule is COc1cccc2c1c1cc[nH]c(=O)c1n2C. The van der Waals surface area contributed by atoms with Gasteiger partial charge in [0.25, 0.3) is 5.56 Å². The van der Waals surface area contributed by atoms with Crippen LogP contribution in [0.5, 0.6) is 5.75 Å². The fraction of sp³-hybridized carbons (Fsp3) is 0.154. The molecule has 0 aliphatic rings. The van der Waals surface area contributed by atoms with Gasteiger partial charge in [-0.1, -0.05) is 6.07 Å². The topological polar surface area (TPSA) is 47.0 Å². The monoisotopic (exact) mass is 228 g/mol. The van der Waals surface area contributed by atoms with Crippen LogP contribution in [0.4, 0.5) is 0 Å². The van der Waals surface area contributed by atoms with Gasteiger partial charge in [-0.3, -0.25) is 4.79 Å². The van der Waals surface area contributed by atoms with E-state index in [-0.39, 0.29) is 5.56 Å². The van der Waals surface area contributed by atoms with Crippen molar-refractivity contribution in [2.24, 2.45) is 7.05 Å². The quantitative estimate of drug-likeness (QED) is 0.692. The van der Waals surface area contributed by atoms with Crippen LogP contribution in [0.2, 0.25) is 0 Å². The number of rotatable bonds is 1. The van der Waals surface area contributed by atoms with E-state index in [1.807, 2.05) is 35.9 Å². The Hall–Kier alpha value is -2.23. The Bertz CT molecular complexity index is 768. The summed E-state index contributed by atoms with van der Waals surface area (Å²) in [5, 5.41) is 1.90. The minimum Gasteiger partial charge on any atom is -0.496 e. The van der Waals surface area contributed by atoms with Gasteiger partial charge in [0.15, 0.2) is 0 Å². The molecule has 0 bridgehead atoms. The molecule has 0 unspecified atom stereocenters. The number of nitrogens with zero attached hydrogens (tertiary/aromatic N) is 1. The number of H-pyrrole nitrogens is 1. The molecule has 2 heterocycles. The third-order valence-corrected chi connectivity index (χ3v) is 3.12. The molecule has 17 heavy (non-hydrogen) atoms. The molecule has 3 rings (SSSR count). The maximum Gasteiger partial charge on any atom is 0.272 e. The first-order chi connectivity index (χ1) is 8.24. The Morgan fingerprint density at radius 3 is 2.88 bits per heavy atom. The number of ether oxygens (including phenoxy) is 1. The molecule has 0 aliphatic carbocycles. The van der Waals surface area contributed by atoms with Gasteiger partial charge >= 0.3 is 0 Å². The van der Waals surface area contributed by atoms with E-state index in [9.17, 15) is 4.79 Å². The molecule has 3 aromatic rings. The number of hydrogen-bond donors (Lipinski definition) is 1. The lowest BCUT2D eigenvalue weighted by Gasteiger charge is -2.01. The lowest BCUT2D eigenvalue weighted by molar-refractivity contribution is 0.420. The second kappa shape index (κ2) is 3.38. The Balaban J connectivity index is 2.69. The zero-order valence-electron chi connectivity index (χ0n) is 9.65. The van der Waals surface area contributed by atoms with Gasteiger partial charge in [0.05, 0.1) is 12.6 Å². The van der Waals surface area contributed by atoms with E-state index in [4.69, 9.17) is 4.74 Å². The van der Waals surface area contributed by atoms with E-state index >= 15 is 0 Å². The van der Waals surface area contributed by atoms with E-state index in [0.717, 1.165) is 22.0 Å². The van der Waals surface area contributed by atoms with Crippen molar-refractivity contribution >= 4 is 21.8 Å². The summed E-state index contributed by atoms with van der Waals surface area (Å²) < 4.78 is 7.26. The largest absolute Gasteiger partial charge is 0.496 e. The molecular weight excluding hydrogens is 216 g/mol. The zero-order valence-corrected chi connectivity index (χ0v) is 9.65. The normalized spacial score (nSPS) is 11.2. The van der Waals surface area contributed by atoms with E-state index < -0.39 is 0 Å². The minimum absolute atomic E-state index is 0.0803. The fourth-order valence-electron chi connectivity index (χ4n) is 2.37. The number of benzene rings is 1. The van der Waals surface area contributed by atoms with Gasteiger partial charge in [-0.15, -0.1) is 0 Å². The first-order valence-corrected chi connectivity index (χ1v) is 5.37. The first-order valence-electron chi connectivity index (χ1n) is 5.37. The average Bonchev–Trinajstić information content (AvgIpc) is 2.65. The first kappa shape index (κ1) is 9.96. The van der Waals surface area contributed by atoms with Gasteiger partial charge < -0.3 is 14.3 Å². The molecule has 86 valence electrons. The van der Waals surface area contributed by atoms with Gasteiger partial charge in [0.1, 0.15) is 11.3 Å². The number of pyridine rings is 1. The lowest BCUT2D eigenvalue weighted by Crippen LogP contribution is -2.07. The molecule has 0 spiro atoms. The van der Waals surface area contributed by atoms with Crippen molar-refractivity contribution in [3.63, 3.8) is 0 Å². The van der Waals surface area contributed by atoms with Gasteiger partial charge in [0, 0.05) is 24.0 Å². The van der Waals surface area contributed by atoms with Gasteiger partial charge in [-0.05, 0) is 18.2 Å². The van der Waals surface area contributed by atoms with Crippen molar-refractivity contribution in [1.29, 1.82) is 0 Å². The van der Waals surface area contributed by atoms with Crippen molar-refractivity contribution in [3.8, 4) is 5.75 Å². The summed E-state index contributed by atoms with van der Waals surface area (Å²) in [7, 11) is 3.53. The summed E-state index contributed by atoms with van der Waals surface area (Å²) in [6, 6.07) is 7.72. The average molecular weight is 228 g/mol. The predicted molar refractivity (Wildman–Crippen MR) is 67.6 cm³/mol. The molecule has 1 N–H and O–H groups in total. The van der Waals surface area contributed by atoms with E-state index in [1.54, 1.807) is 13.3 Å². The van der Waals surface area contributed by atoms with Crippen LogP contribution in [-0.2, 0) is 7.05 Å². The molecular formula is C13H12N2O2. The fourth-order valence-corrected chi connectivity index (χ4v) is 2.37. The summed E-state index contributed by atoms with van der Waals surface area (Å²) in [4.78, 5) is 14.5. The van der Waals surface area contributed by atoms with Gasteiger partial charge in [0.2, 0.25) is 0 Å². The number of nitrogens with one attached hydrogen (secondary N) is 1. The summed E-state index contributed by atoms with van der Waals surface area (Å²) in [5.74, 6) is 0.790. The maximum absolute atomic E-state index is 11.9. The van der Waals surface area contributed by atoms with Gasteiger partial charge in [-0.2, -0.15) is 0 Å². The van der Waals surface area contributed by atoms with Crippen molar-refractivity contribution < 1.29 is 4.74 Å². The van der Waals surface area contributed by atoms with Crippen LogP contribution in [0.1, 0.15) is 0 Å². The van der Waals surface area contributed by atoms with Crippen LogP contribution in [0.15, 0.2) is 35.3 Å². The van der Waals surface area contributed by atoms with Crippen molar-refractivity contribution in [2.45, 2.75) is 0 Å². The third kappa shape index (κ3) is 1.21. The number of aryl methyl sites for hydroxylation is 1. The second-order valence-corrected chi connectivity index (χ2v) is 3.98. The standard InChI is InChI=1S/C13H12N2O2/c1-15-9-4-3-5-10(17-2)11(9)8-6-7-14-13(16)12(8)15/h3-7H,1-2H3,(H,14,16). The van der Waals surface area contributed by atoms with Crippen LogP contribution >= 0.6 is 0 Å². The number of hydrogen-bond acceptors (Lipinski definition) is 2. The van der Waals surface area contributed by atoms with Gasteiger partial charge in [-0.25, -0.2) is 0 Å². The van der Waals surface area contributed by atoms with Crippen LogP contribution in [0.25, 0.3) is 21.8 Å². The van der Waals surface area contributed by atoms with Crippen LogP contribution in [0, 0.1) is 0 Å². The molecule has 2 aromatic heterocycles. The number of aromatic amines is 1. The van der Waals surface area contributed by atoms with E-state index in [1.165, 1.54) is 0 Å². The van der Waals surface area contributed by atoms with Crippen molar-refractivity contribution in [1.82, 2.24) is 9.55 Å². The summed E-state index contributed by atoms with van der Waals surface area (Å²) in [5.41, 5.74) is 1.59. The van der Waals surface area contributed by atoms with Crippen LogP contribution in [0.3, 0.4) is 0 Å². The summed E-state index contributed by atoms with van der Waals surface area (Å²) in [6.45, 7) is 0. The highest BCUT2D eigenvalue weighted by molar-refractivity contribution is 6.10. The van der Waals surface area contributed by atoms with Crippen molar-refractivity contribution in [3.05, 3.63) is 40.8 Å². The summed E-state index contributed by atoms with van der Waals surface area (Å²) >= 11 is 0. The van der Waals surface area contributed by atoms with Crippen LogP contribution < -0.4 is 10.3 Å². The molecule has 0 saturated carbocycles. The Morgan fingerprint density at radius 2 is 2.12 bits per heavy atom. The zero-order chi connectivity index (χ0) is 12.0. The van der Waals surface area contributed by atoms with Crippen molar-refractivity contribution in [2.75, 3.05) is 7.11 Å². The molecule has 0 radical (unpaired) electrons. The Morgan fingerprint density at radius 1 is 1.29 bits per heavy atom. The Kier molecular flexibility index (Phi) is 1.98. The molecule has 0 atom stereocenters. The lowest BCUT2D eigenvalue weighted by atomic mass is 10.2. The highest BCUT2D eigenvalue weighted by Gasteiger charge is 2.13. The van der Waals surface area contributed by atoms with E-state index in [2.05, 4.69) is 4.98 Å². The smallest absolute Gasteiger partial charge is 0.272 e. The third-order valence-electron chi connectivity index (χ3n) is 3.12. The number of aromatic nitrogens is 2. The summed E-state index contributed by atoms with van der Waals surface area (Å²) in [6.07, 6.45) is 1.66. The van der Waals surface area contributed by atoms with Crippen LogP contribution in [-0.4, -0.2) is 16.7 Å². The molecule has 4 heteroatoms. The number of methoxy groups -OCH3 is 1. The highest BCUT2D eigenvalue weighted by atomic mass is 16.5. The molecule has 0 aliphatic heterocycles. The Labute approximate surface area is 97.4 Å². The second-order valence-electron chi connectivity index (χ2n) is 3.98. The molecule has 0 saturated heterocycles. The molecule has 1 aromatic carbocycles. The van der Waals surface area contributed by atoms with E-state index in [0.29, 0.717) is 5.52 Å². The molecule has 4 nitrogen and oxygen atoms in total. The predicted octanol–water partition coefficient (Wildman–Crippen LogP) is 2.03. The molecule has 0 amide bonds. The minimum atomic E-state index is -0.0803.